The average Bonchev–Trinajstić information content (AvgIpc) is 3.56. The van der Waals surface area contributed by atoms with E-state index in [1.54, 1.807) is 0 Å². The maximum absolute atomic E-state index is 14.4. The van der Waals surface area contributed by atoms with Crippen LogP contribution < -0.4 is 0 Å². The molecular formula is C31H42N2O3. The molecule has 5 heteroatoms. The SMILES string of the molecule is CC1(C)CC[C@]2(C#N)CC[C@]3(C)[C@@H](C(=O)C[C@@H]4[C@@]5(C)[C@H]6O[C@@]6(C#N)C(=O)C(C)(C)[C@@H]5CC[C@]43C)C2C1. The number of ether oxygens (including phenoxy) is 1. The van der Waals surface area contributed by atoms with E-state index in [0.29, 0.717) is 12.2 Å². The maximum Gasteiger partial charge on any atom is 0.240 e. The van der Waals surface area contributed by atoms with Gasteiger partial charge in [0.05, 0.1) is 11.5 Å². The van der Waals surface area contributed by atoms with Crippen molar-refractivity contribution in [2.75, 3.05) is 0 Å². The minimum absolute atomic E-state index is 0.0660. The van der Waals surface area contributed by atoms with Gasteiger partial charge in [-0.3, -0.25) is 9.59 Å². The van der Waals surface area contributed by atoms with Crippen molar-refractivity contribution in [2.45, 2.75) is 112 Å². The molecule has 1 heterocycles. The van der Waals surface area contributed by atoms with Crippen molar-refractivity contribution in [3.05, 3.63) is 0 Å². The zero-order chi connectivity index (χ0) is 26.3. The molecule has 1 aliphatic heterocycles. The molecule has 6 aliphatic rings. The van der Waals surface area contributed by atoms with Gasteiger partial charge in [-0.2, -0.15) is 10.5 Å². The van der Waals surface area contributed by atoms with Crippen molar-refractivity contribution in [2.24, 2.45) is 56.2 Å². The number of rotatable bonds is 0. The smallest absolute Gasteiger partial charge is 0.240 e. The lowest BCUT2D eigenvalue weighted by molar-refractivity contribution is -0.229. The molecule has 36 heavy (non-hydrogen) atoms. The van der Waals surface area contributed by atoms with Gasteiger partial charge in [-0.05, 0) is 78.9 Å². The van der Waals surface area contributed by atoms with Crippen LogP contribution in [0.3, 0.4) is 0 Å². The van der Waals surface area contributed by atoms with Gasteiger partial charge in [-0.1, -0.05) is 48.5 Å². The van der Waals surface area contributed by atoms with Crippen LogP contribution in [0.4, 0.5) is 0 Å². The number of hydrogen-bond donors (Lipinski definition) is 0. The summed E-state index contributed by atoms with van der Waals surface area (Å²) in [6.45, 7) is 15.6. The quantitative estimate of drug-likeness (QED) is 0.387. The van der Waals surface area contributed by atoms with Gasteiger partial charge >= 0.3 is 0 Å². The van der Waals surface area contributed by atoms with Gasteiger partial charge in [-0.15, -0.1) is 0 Å². The van der Waals surface area contributed by atoms with E-state index in [4.69, 9.17) is 4.74 Å². The van der Waals surface area contributed by atoms with Crippen LogP contribution in [0.25, 0.3) is 0 Å². The summed E-state index contributed by atoms with van der Waals surface area (Å²) < 4.78 is 6.11. The van der Waals surface area contributed by atoms with E-state index in [9.17, 15) is 20.1 Å². The van der Waals surface area contributed by atoms with Gasteiger partial charge in [0.1, 0.15) is 18.0 Å². The van der Waals surface area contributed by atoms with Gasteiger partial charge in [0.25, 0.3) is 0 Å². The first-order valence-corrected chi connectivity index (χ1v) is 14.2. The number of nitrogens with zero attached hydrogens (tertiary/aromatic N) is 2. The highest BCUT2D eigenvalue weighted by atomic mass is 16.6. The zero-order valence-electron chi connectivity index (χ0n) is 23.2. The van der Waals surface area contributed by atoms with E-state index < -0.39 is 22.5 Å². The van der Waals surface area contributed by atoms with Gasteiger partial charge < -0.3 is 4.74 Å². The van der Waals surface area contributed by atoms with E-state index in [1.165, 1.54) is 0 Å². The first-order valence-electron chi connectivity index (χ1n) is 14.2. The van der Waals surface area contributed by atoms with Crippen molar-refractivity contribution in [1.82, 2.24) is 0 Å². The maximum atomic E-state index is 14.4. The van der Waals surface area contributed by atoms with Crippen molar-refractivity contribution >= 4 is 11.6 Å². The Hall–Kier alpha value is -1.72. The fourth-order valence-corrected chi connectivity index (χ4v) is 11.4. The highest BCUT2D eigenvalue weighted by molar-refractivity contribution is 5.99. The predicted octanol–water partition coefficient (Wildman–Crippen LogP) is 6.02. The number of carbonyl (C=O) groups is 2. The first kappa shape index (κ1) is 24.6. The molecule has 5 saturated carbocycles. The van der Waals surface area contributed by atoms with Crippen LogP contribution in [-0.4, -0.2) is 23.3 Å². The second kappa shape index (κ2) is 6.64. The summed E-state index contributed by atoms with van der Waals surface area (Å²) in [6.07, 6.45) is 6.62. The average molecular weight is 491 g/mol. The van der Waals surface area contributed by atoms with Crippen LogP contribution in [0.15, 0.2) is 0 Å². The largest absolute Gasteiger partial charge is 0.343 e. The molecular weight excluding hydrogens is 448 g/mol. The predicted molar refractivity (Wildman–Crippen MR) is 134 cm³/mol. The van der Waals surface area contributed by atoms with Gasteiger partial charge in [-0.25, -0.2) is 0 Å². The number of epoxide rings is 1. The molecule has 0 amide bonds. The molecule has 0 aromatic heterocycles. The molecule has 0 spiro atoms. The molecule has 10 atom stereocenters. The number of Topliss-reactive ketones (excluding diaryl/α,β-unsaturated/α-hetero) is 2. The Labute approximate surface area is 216 Å². The Morgan fingerprint density at radius 3 is 2.14 bits per heavy atom. The van der Waals surface area contributed by atoms with Gasteiger partial charge in [0, 0.05) is 23.2 Å². The Bertz CT molecular complexity index is 1160. The monoisotopic (exact) mass is 490 g/mol. The van der Waals surface area contributed by atoms with Crippen molar-refractivity contribution in [3.8, 4) is 12.1 Å². The Kier molecular flexibility index (Phi) is 4.54. The summed E-state index contributed by atoms with van der Waals surface area (Å²) in [6, 6.07) is 5.03. The minimum atomic E-state index is -1.34. The van der Waals surface area contributed by atoms with E-state index in [2.05, 4.69) is 46.8 Å². The van der Waals surface area contributed by atoms with Gasteiger partial charge in [0.15, 0.2) is 5.78 Å². The molecule has 6 fully saturated rings. The molecule has 1 unspecified atom stereocenters. The van der Waals surface area contributed by atoms with E-state index in [0.717, 1.165) is 44.9 Å². The summed E-state index contributed by atoms with van der Waals surface area (Å²) in [5.41, 5.74) is -2.95. The first-order chi connectivity index (χ1) is 16.6. The van der Waals surface area contributed by atoms with Crippen LogP contribution in [0.2, 0.25) is 0 Å². The summed E-state index contributed by atoms with van der Waals surface area (Å²) >= 11 is 0. The van der Waals surface area contributed by atoms with E-state index >= 15 is 0 Å². The third kappa shape index (κ3) is 2.46. The molecule has 6 rings (SSSR count). The van der Waals surface area contributed by atoms with E-state index in [1.807, 2.05) is 13.8 Å². The van der Waals surface area contributed by atoms with Crippen LogP contribution in [0.1, 0.15) is 99.8 Å². The normalized spacial score (nSPS) is 56.0. The highest BCUT2D eigenvalue weighted by Crippen LogP contribution is 2.78. The van der Waals surface area contributed by atoms with Crippen molar-refractivity contribution in [3.63, 3.8) is 0 Å². The molecule has 0 radical (unpaired) electrons. The van der Waals surface area contributed by atoms with E-state index in [-0.39, 0.29) is 51.1 Å². The third-order valence-corrected chi connectivity index (χ3v) is 13.6. The third-order valence-electron chi connectivity index (χ3n) is 13.6. The van der Waals surface area contributed by atoms with Crippen molar-refractivity contribution < 1.29 is 14.3 Å². The summed E-state index contributed by atoms with van der Waals surface area (Å²) in [7, 11) is 0. The molecule has 5 aliphatic carbocycles. The summed E-state index contributed by atoms with van der Waals surface area (Å²) in [4.78, 5) is 27.9. The molecule has 1 saturated heterocycles. The fourth-order valence-electron chi connectivity index (χ4n) is 11.4. The lowest BCUT2D eigenvalue weighted by atomic mass is 9.31. The Morgan fingerprint density at radius 2 is 1.50 bits per heavy atom. The molecule has 0 bridgehead atoms. The number of hydrogen-bond acceptors (Lipinski definition) is 5. The Morgan fingerprint density at radius 1 is 0.833 bits per heavy atom. The second-order valence-electron chi connectivity index (χ2n) is 15.6. The van der Waals surface area contributed by atoms with Crippen LogP contribution in [0, 0.1) is 78.8 Å². The number of nitriles is 2. The second-order valence-corrected chi connectivity index (χ2v) is 15.6. The number of carbonyl (C=O) groups excluding carboxylic acids is 2. The lowest BCUT2D eigenvalue weighted by Gasteiger charge is -2.71. The minimum Gasteiger partial charge on any atom is -0.343 e. The highest BCUT2D eigenvalue weighted by Gasteiger charge is 2.83. The summed E-state index contributed by atoms with van der Waals surface area (Å²) in [5, 5.41) is 20.5. The van der Waals surface area contributed by atoms with Crippen LogP contribution in [0.5, 0.6) is 0 Å². The lowest BCUT2D eigenvalue weighted by Crippen LogP contribution is -2.71. The molecule has 0 aromatic carbocycles. The summed E-state index contributed by atoms with van der Waals surface area (Å²) in [5.74, 6) is 0.429. The molecule has 5 nitrogen and oxygen atoms in total. The zero-order valence-corrected chi connectivity index (χ0v) is 23.2. The standard InChI is InChI=1S/C31H42N2O3/c1-25(2)10-12-30(16-32)13-11-28(6)22(18(30)15-25)19(34)14-21-27(28,5)9-8-20-26(3,4)23(35)31(17-33)24(36-31)29(20,21)7/h18,20-22,24H,8-15H2,1-7H3/t18?,20-,21-,22+,24+,27+,28+,29-,30+,31-/m0/s1. The van der Waals surface area contributed by atoms with Crippen LogP contribution in [-0.2, 0) is 14.3 Å². The number of ketones is 2. The fraction of sp³-hybridized carbons (Fsp3) is 0.871. The Balaban J connectivity index is 1.47. The number of fused-ring (bicyclic) bond motifs is 9. The molecule has 0 N–H and O–H groups in total. The van der Waals surface area contributed by atoms with Crippen LogP contribution >= 0.6 is 0 Å². The topological polar surface area (TPSA) is 94.2 Å². The van der Waals surface area contributed by atoms with Crippen molar-refractivity contribution in [1.29, 1.82) is 10.5 Å². The van der Waals surface area contributed by atoms with Gasteiger partial charge in [0.2, 0.25) is 5.60 Å². The molecule has 0 aromatic rings. The molecule has 194 valence electrons.